The average Bonchev–Trinajstić information content (AvgIpc) is 2.69. The lowest BCUT2D eigenvalue weighted by Gasteiger charge is -2.22. The van der Waals surface area contributed by atoms with Gasteiger partial charge in [-0.25, -0.2) is 4.39 Å². The third-order valence-electron chi connectivity index (χ3n) is 3.04. The Morgan fingerprint density at radius 3 is 2.93 bits per heavy atom. The summed E-state index contributed by atoms with van der Waals surface area (Å²) in [6.07, 6.45) is 2.12. The van der Waals surface area contributed by atoms with Gasteiger partial charge in [0.25, 0.3) is 0 Å². The van der Waals surface area contributed by atoms with E-state index in [1.54, 1.807) is 6.07 Å². The van der Waals surface area contributed by atoms with Crippen LogP contribution in [0.25, 0.3) is 0 Å². The molecule has 1 fully saturated rings. The van der Waals surface area contributed by atoms with Crippen LogP contribution < -0.4 is 0 Å². The zero-order chi connectivity index (χ0) is 10.7. The molecule has 2 nitrogen and oxygen atoms in total. The standard InChI is InChI=1S/C12H16FNO/c13-12-6-2-1-4-10(12)8-14-7-3-5-11(14)9-15/h1-2,4,6,11,15H,3,5,7-9H2/t11-/m0/s1. The van der Waals surface area contributed by atoms with E-state index >= 15 is 0 Å². The molecule has 0 radical (unpaired) electrons. The third kappa shape index (κ3) is 2.36. The highest BCUT2D eigenvalue weighted by atomic mass is 19.1. The summed E-state index contributed by atoms with van der Waals surface area (Å²) in [6, 6.07) is 7.06. The van der Waals surface area contributed by atoms with Crippen LogP contribution in [0.15, 0.2) is 24.3 Å². The lowest BCUT2D eigenvalue weighted by Crippen LogP contribution is -2.31. The zero-order valence-corrected chi connectivity index (χ0v) is 8.69. The summed E-state index contributed by atoms with van der Waals surface area (Å²) in [5, 5.41) is 9.15. The summed E-state index contributed by atoms with van der Waals surface area (Å²) >= 11 is 0. The summed E-state index contributed by atoms with van der Waals surface area (Å²) in [5.74, 6) is -0.152. The van der Waals surface area contributed by atoms with E-state index in [1.807, 2.05) is 12.1 Å². The van der Waals surface area contributed by atoms with Gasteiger partial charge in [0.05, 0.1) is 6.61 Å². The molecule has 0 spiro atoms. The molecule has 15 heavy (non-hydrogen) atoms. The van der Waals surface area contributed by atoms with Gasteiger partial charge in [0.2, 0.25) is 0 Å². The molecule has 1 atom stereocenters. The minimum atomic E-state index is -0.152. The van der Waals surface area contributed by atoms with Gasteiger partial charge >= 0.3 is 0 Å². The maximum Gasteiger partial charge on any atom is 0.127 e. The summed E-state index contributed by atoms with van der Waals surface area (Å²) in [5.41, 5.74) is 0.720. The number of aliphatic hydroxyl groups is 1. The molecule has 3 heteroatoms. The van der Waals surface area contributed by atoms with Crippen LogP contribution >= 0.6 is 0 Å². The number of aliphatic hydroxyl groups excluding tert-OH is 1. The molecular formula is C12H16FNO. The highest BCUT2D eigenvalue weighted by Gasteiger charge is 2.24. The second kappa shape index (κ2) is 4.73. The molecule has 0 aliphatic carbocycles. The van der Waals surface area contributed by atoms with Crippen molar-refractivity contribution in [3.05, 3.63) is 35.6 Å². The van der Waals surface area contributed by atoms with Gasteiger partial charge in [-0.2, -0.15) is 0 Å². The largest absolute Gasteiger partial charge is 0.395 e. The molecule has 82 valence electrons. The highest BCUT2D eigenvalue weighted by molar-refractivity contribution is 5.17. The van der Waals surface area contributed by atoms with Crippen LogP contribution in [0.4, 0.5) is 4.39 Å². The van der Waals surface area contributed by atoms with E-state index in [0.29, 0.717) is 6.54 Å². The maximum atomic E-state index is 13.4. The lowest BCUT2D eigenvalue weighted by molar-refractivity contribution is 0.152. The predicted molar refractivity (Wildman–Crippen MR) is 56.9 cm³/mol. The Labute approximate surface area is 89.3 Å². The normalized spacial score (nSPS) is 22.1. The van der Waals surface area contributed by atoms with Gasteiger partial charge in [-0.15, -0.1) is 0 Å². The van der Waals surface area contributed by atoms with Gasteiger partial charge in [-0.05, 0) is 25.5 Å². The van der Waals surface area contributed by atoms with E-state index in [1.165, 1.54) is 6.07 Å². The van der Waals surface area contributed by atoms with E-state index < -0.39 is 0 Å². The number of likely N-dealkylation sites (tertiary alicyclic amines) is 1. The van der Waals surface area contributed by atoms with Crippen molar-refractivity contribution in [3.63, 3.8) is 0 Å². The average molecular weight is 209 g/mol. The minimum absolute atomic E-state index is 0.152. The van der Waals surface area contributed by atoms with Gasteiger partial charge in [0.1, 0.15) is 5.82 Å². The Kier molecular flexibility index (Phi) is 3.34. The molecule has 0 unspecified atom stereocenters. The first-order valence-corrected chi connectivity index (χ1v) is 5.39. The molecule has 1 aliphatic heterocycles. The van der Waals surface area contributed by atoms with Gasteiger partial charge in [-0.1, -0.05) is 18.2 Å². The lowest BCUT2D eigenvalue weighted by atomic mass is 10.2. The third-order valence-corrected chi connectivity index (χ3v) is 3.04. The first-order valence-electron chi connectivity index (χ1n) is 5.39. The summed E-state index contributed by atoms with van der Waals surface area (Å²) < 4.78 is 13.4. The van der Waals surface area contributed by atoms with Crippen molar-refractivity contribution in [2.45, 2.75) is 25.4 Å². The first-order chi connectivity index (χ1) is 7.31. The smallest absolute Gasteiger partial charge is 0.127 e. The summed E-state index contributed by atoms with van der Waals surface area (Å²) in [6.45, 7) is 1.74. The Hall–Kier alpha value is -0.930. The van der Waals surface area contributed by atoms with Crippen LogP contribution in [-0.2, 0) is 6.54 Å². The van der Waals surface area contributed by atoms with Gasteiger partial charge < -0.3 is 5.11 Å². The minimum Gasteiger partial charge on any atom is -0.395 e. The fourth-order valence-corrected chi connectivity index (χ4v) is 2.16. The fourth-order valence-electron chi connectivity index (χ4n) is 2.16. The monoisotopic (exact) mass is 209 g/mol. The van der Waals surface area contributed by atoms with Crippen LogP contribution in [0.2, 0.25) is 0 Å². The van der Waals surface area contributed by atoms with Crippen molar-refractivity contribution in [1.82, 2.24) is 4.90 Å². The first kappa shape index (κ1) is 10.6. The van der Waals surface area contributed by atoms with Crippen LogP contribution in [-0.4, -0.2) is 29.2 Å². The molecule has 1 N–H and O–H groups in total. The van der Waals surface area contributed by atoms with E-state index in [-0.39, 0.29) is 18.5 Å². The van der Waals surface area contributed by atoms with Gasteiger partial charge in [0.15, 0.2) is 0 Å². The van der Waals surface area contributed by atoms with Gasteiger partial charge in [-0.3, -0.25) is 4.90 Å². The van der Waals surface area contributed by atoms with Crippen molar-refractivity contribution in [3.8, 4) is 0 Å². The molecule has 1 aliphatic rings. The number of hydrogen-bond acceptors (Lipinski definition) is 2. The molecule has 1 heterocycles. The topological polar surface area (TPSA) is 23.5 Å². The number of halogens is 1. The Morgan fingerprint density at radius 2 is 2.20 bits per heavy atom. The van der Waals surface area contributed by atoms with Crippen LogP contribution in [0, 0.1) is 5.82 Å². The van der Waals surface area contributed by atoms with Crippen LogP contribution in [0.1, 0.15) is 18.4 Å². The molecule has 0 amide bonds. The second-order valence-corrected chi connectivity index (χ2v) is 4.04. The zero-order valence-electron chi connectivity index (χ0n) is 8.69. The van der Waals surface area contributed by atoms with Crippen molar-refractivity contribution in [2.24, 2.45) is 0 Å². The highest BCUT2D eigenvalue weighted by Crippen LogP contribution is 2.20. The molecule has 1 saturated heterocycles. The van der Waals surface area contributed by atoms with E-state index in [0.717, 1.165) is 24.9 Å². The Morgan fingerprint density at radius 1 is 1.40 bits per heavy atom. The number of hydrogen-bond donors (Lipinski definition) is 1. The maximum absolute atomic E-state index is 13.4. The van der Waals surface area contributed by atoms with Gasteiger partial charge in [0, 0.05) is 18.2 Å². The van der Waals surface area contributed by atoms with E-state index in [9.17, 15) is 4.39 Å². The predicted octanol–water partition coefficient (Wildman–Crippen LogP) is 1.78. The van der Waals surface area contributed by atoms with E-state index in [2.05, 4.69) is 4.90 Å². The molecule has 0 saturated carbocycles. The quantitative estimate of drug-likeness (QED) is 0.820. The van der Waals surface area contributed by atoms with Crippen molar-refractivity contribution < 1.29 is 9.50 Å². The van der Waals surface area contributed by atoms with Crippen LogP contribution in [0.5, 0.6) is 0 Å². The number of benzene rings is 1. The molecule has 1 aromatic carbocycles. The molecule has 2 rings (SSSR count). The van der Waals surface area contributed by atoms with E-state index in [4.69, 9.17) is 5.11 Å². The fraction of sp³-hybridized carbons (Fsp3) is 0.500. The Balaban J connectivity index is 2.05. The molecule has 0 bridgehead atoms. The SMILES string of the molecule is OC[C@@H]1CCCN1Cc1ccccc1F. The number of nitrogens with zero attached hydrogens (tertiary/aromatic N) is 1. The van der Waals surface area contributed by atoms with Crippen LogP contribution in [0.3, 0.4) is 0 Å². The molecular weight excluding hydrogens is 193 g/mol. The molecule has 1 aromatic rings. The Bertz CT molecular complexity index is 329. The summed E-state index contributed by atoms with van der Waals surface area (Å²) in [4.78, 5) is 2.15. The number of rotatable bonds is 3. The summed E-state index contributed by atoms with van der Waals surface area (Å²) in [7, 11) is 0. The van der Waals surface area contributed by atoms with Crippen molar-refractivity contribution in [2.75, 3.05) is 13.2 Å². The second-order valence-electron chi connectivity index (χ2n) is 4.04. The van der Waals surface area contributed by atoms with Crippen molar-refractivity contribution in [1.29, 1.82) is 0 Å². The van der Waals surface area contributed by atoms with Crippen molar-refractivity contribution >= 4 is 0 Å². The molecule has 0 aromatic heterocycles.